The van der Waals surface area contributed by atoms with Gasteiger partial charge in [-0.2, -0.15) is 0 Å². The molecule has 0 fully saturated rings. The van der Waals surface area contributed by atoms with Crippen molar-refractivity contribution >= 4 is 28.5 Å². The van der Waals surface area contributed by atoms with Gasteiger partial charge in [0, 0.05) is 13.0 Å². The molecule has 2 heterocycles. The third kappa shape index (κ3) is 4.02. The Kier molecular flexibility index (Phi) is 5.52. The molecule has 0 atom stereocenters. The van der Waals surface area contributed by atoms with Crippen molar-refractivity contribution in [3.05, 3.63) is 50.9 Å². The highest BCUT2D eigenvalue weighted by molar-refractivity contribution is 7.99. The van der Waals surface area contributed by atoms with Gasteiger partial charge in [-0.15, -0.1) is 10.2 Å². The summed E-state index contributed by atoms with van der Waals surface area (Å²) in [6, 6.07) is 6.68. The van der Waals surface area contributed by atoms with E-state index in [2.05, 4.69) is 20.0 Å². The topological polar surface area (TPSA) is 120 Å². The Hall–Kier alpha value is -2.88. The number of carbonyl (C=O) groups is 1. The fraction of sp³-hybridized carbons (Fsp3) is 0.312. The summed E-state index contributed by atoms with van der Waals surface area (Å²) in [5.41, 5.74) is -0.556. The van der Waals surface area contributed by atoms with Crippen LogP contribution in [-0.2, 0) is 22.5 Å². The minimum atomic E-state index is -0.380. The first-order valence-corrected chi connectivity index (χ1v) is 8.81. The Balaban J connectivity index is 1.62. The van der Waals surface area contributed by atoms with Crippen molar-refractivity contribution in [3.8, 4) is 0 Å². The Bertz CT molecular complexity index is 1040. The Morgan fingerprint density at radius 2 is 2.04 bits per heavy atom. The maximum atomic E-state index is 12.4. The number of nitrogens with one attached hydrogen (secondary N) is 1. The normalized spacial score (nSPS) is 11.0. The number of aryl methyl sites for hydroxylation is 2. The lowest BCUT2D eigenvalue weighted by Gasteiger charge is -2.06. The Morgan fingerprint density at radius 1 is 1.27 bits per heavy atom. The van der Waals surface area contributed by atoms with Crippen LogP contribution < -0.4 is 11.1 Å². The molecule has 0 saturated heterocycles. The van der Waals surface area contributed by atoms with Gasteiger partial charge in [0.2, 0.25) is 5.89 Å². The van der Waals surface area contributed by atoms with E-state index < -0.39 is 0 Å². The van der Waals surface area contributed by atoms with Crippen LogP contribution in [0.4, 0.5) is 0 Å². The van der Waals surface area contributed by atoms with Crippen molar-refractivity contribution in [1.82, 2.24) is 20.0 Å². The summed E-state index contributed by atoms with van der Waals surface area (Å²) in [6.45, 7) is 0.311. The first kappa shape index (κ1) is 17.9. The van der Waals surface area contributed by atoms with Crippen LogP contribution in [0.2, 0.25) is 0 Å². The number of benzene rings is 1. The summed E-state index contributed by atoms with van der Waals surface area (Å²) in [5.74, 6) is 0.106. The molecule has 0 amide bonds. The standard InChI is InChI=1S/C16H16N4O5S/c1-24-13(21)9-26-16-18-17-12(25-16)7-4-8-20-15(23)11-6-3-2-5-10(11)14(22)19-20/h2-3,5-6H,4,7-9H2,1H3,(H,19,22). The predicted octanol–water partition coefficient (Wildman–Crippen LogP) is 0.971. The molecular weight excluding hydrogens is 360 g/mol. The van der Waals surface area contributed by atoms with Crippen LogP contribution in [0.5, 0.6) is 0 Å². The van der Waals surface area contributed by atoms with Crippen LogP contribution in [0.1, 0.15) is 12.3 Å². The molecule has 0 aliphatic carbocycles. The van der Waals surface area contributed by atoms with Gasteiger partial charge in [-0.3, -0.25) is 19.5 Å². The molecule has 0 bridgehead atoms. The molecule has 1 N–H and O–H groups in total. The van der Waals surface area contributed by atoms with Crippen LogP contribution in [0, 0.1) is 0 Å². The number of thioether (sulfide) groups is 1. The van der Waals surface area contributed by atoms with E-state index in [4.69, 9.17) is 4.42 Å². The molecule has 0 radical (unpaired) electrons. The van der Waals surface area contributed by atoms with Crippen LogP contribution >= 0.6 is 11.8 Å². The molecule has 3 aromatic rings. The van der Waals surface area contributed by atoms with Crippen molar-refractivity contribution in [2.24, 2.45) is 0 Å². The monoisotopic (exact) mass is 376 g/mol. The van der Waals surface area contributed by atoms with Gasteiger partial charge >= 0.3 is 5.97 Å². The maximum absolute atomic E-state index is 12.4. The number of nitrogens with zero attached hydrogens (tertiary/aromatic N) is 3. The van der Waals surface area contributed by atoms with Gasteiger partial charge in [0.15, 0.2) is 0 Å². The van der Waals surface area contributed by atoms with Crippen molar-refractivity contribution in [2.45, 2.75) is 24.6 Å². The average Bonchev–Trinajstić information content (AvgIpc) is 3.11. The maximum Gasteiger partial charge on any atom is 0.316 e. The number of aromatic nitrogens is 4. The van der Waals surface area contributed by atoms with E-state index in [0.29, 0.717) is 36.0 Å². The fourth-order valence-corrected chi connectivity index (χ4v) is 2.98. The fourth-order valence-electron chi connectivity index (χ4n) is 2.37. The van der Waals surface area contributed by atoms with Crippen LogP contribution in [-0.4, -0.2) is 38.8 Å². The van der Waals surface area contributed by atoms with Gasteiger partial charge in [0.05, 0.1) is 17.9 Å². The van der Waals surface area contributed by atoms with E-state index in [9.17, 15) is 14.4 Å². The molecule has 9 nitrogen and oxygen atoms in total. The number of aromatic amines is 1. The Labute approximate surface area is 151 Å². The van der Waals surface area contributed by atoms with Gasteiger partial charge in [-0.1, -0.05) is 23.9 Å². The predicted molar refractivity (Wildman–Crippen MR) is 94.2 cm³/mol. The molecule has 2 aromatic heterocycles. The van der Waals surface area contributed by atoms with E-state index in [1.165, 1.54) is 11.8 Å². The van der Waals surface area contributed by atoms with Crippen molar-refractivity contribution in [2.75, 3.05) is 12.9 Å². The summed E-state index contributed by atoms with van der Waals surface area (Å²) in [6.07, 6.45) is 0.963. The van der Waals surface area contributed by atoms with Gasteiger partial charge in [-0.25, -0.2) is 4.68 Å². The summed E-state index contributed by atoms with van der Waals surface area (Å²) < 4.78 is 11.2. The van der Waals surface area contributed by atoms with Gasteiger partial charge in [0.25, 0.3) is 16.3 Å². The molecule has 0 aliphatic heterocycles. The number of ether oxygens (including phenoxy) is 1. The van der Waals surface area contributed by atoms with Crippen molar-refractivity contribution < 1.29 is 13.9 Å². The summed E-state index contributed by atoms with van der Waals surface area (Å²) in [4.78, 5) is 35.5. The second kappa shape index (κ2) is 8.00. The molecule has 0 spiro atoms. The third-order valence-electron chi connectivity index (χ3n) is 3.65. The van der Waals surface area contributed by atoms with Gasteiger partial charge in [0.1, 0.15) is 5.75 Å². The number of H-pyrrole nitrogens is 1. The van der Waals surface area contributed by atoms with E-state index in [1.54, 1.807) is 24.3 Å². The first-order valence-electron chi connectivity index (χ1n) is 7.82. The number of carbonyl (C=O) groups excluding carboxylic acids is 1. The molecular formula is C16H16N4O5S. The number of hydrogen-bond donors (Lipinski definition) is 1. The SMILES string of the molecule is COC(=O)CSc1nnc(CCCn2[nH]c(=O)c3ccccc3c2=O)o1. The highest BCUT2D eigenvalue weighted by atomic mass is 32.2. The number of esters is 1. The second-order valence-electron chi connectivity index (χ2n) is 5.37. The lowest BCUT2D eigenvalue weighted by atomic mass is 10.2. The minimum absolute atomic E-state index is 0.0891. The van der Waals surface area contributed by atoms with E-state index >= 15 is 0 Å². The van der Waals surface area contributed by atoms with Crippen LogP contribution in [0.3, 0.4) is 0 Å². The number of methoxy groups -OCH3 is 1. The van der Waals surface area contributed by atoms with Crippen LogP contribution in [0.15, 0.2) is 43.5 Å². The van der Waals surface area contributed by atoms with Gasteiger partial charge in [-0.05, 0) is 18.6 Å². The molecule has 0 unspecified atom stereocenters. The third-order valence-corrected chi connectivity index (χ3v) is 4.44. The summed E-state index contributed by atoms with van der Waals surface area (Å²) in [5, 5.41) is 11.3. The molecule has 26 heavy (non-hydrogen) atoms. The summed E-state index contributed by atoms with van der Waals surface area (Å²) in [7, 11) is 1.31. The molecule has 10 heteroatoms. The smallest absolute Gasteiger partial charge is 0.316 e. The minimum Gasteiger partial charge on any atom is -0.468 e. The zero-order valence-corrected chi connectivity index (χ0v) is 14.7. The van der Waals surface area contributed by atoms with E-state index in [-0.39, 0.29) is 28.1 Å². The van der Waals surface area contributed by atoms with E-state index in [1.807, 2.05) is 0 Å². The molecule has 0 saturated carbocycles. The number of fused-ring (bicyclic) bond motifs is 1. The first-order chi connectivity index (χ1) is 12.6. The lowest BCUT2D eigenvalue weighted by molar-refractivity contribution is -0.137. The average molecular weight is 376 g/mol. The highest BCUT2D eigenvalue weighted by Crippen LogP contribution is 2.16. The number of rotatable bonds is 7. The van der Waals surface area contributed by atoms with Gasteiger partial charge < -0.3 is 9.15 Å². The number of hydrogen-bond acceptors (Lipinski definition) is 8. The molecule has 136 valence electrons. The molecule has 1 aromatic carbocycles. The van der Waals surface area contributed by atoms with Crippen molar-refractivity contribution in [3.63, 3.8) is 0 Å². The quantitative estimate of drug-likeness (QED) is 0.478. The highest BCUT2D eigenvalue weighted by Gasteiger charge is 2.11. The molecule has 0 aliphatic rings. The zero-order chi connectivity index (χ0) is 18.5. The molecule has 3 rings (SSSR count). The van der Waals surface area contributed by atoms with E-state index in [0.717, 1.165) is 11.8 Å². The van der Waals surface area contributed by atoms with Crippen molar-refractivity contribution in [1.29, 1.82) is 0 Å². The Morgan fingerprint density at radius 3 is 2.81 bits per heavy atom. The second-order valence-corrected chi connectivity index (χ2v) is 6.30. The van der Waals surface area contributed by atoms with Crippen LogP contribution in [0.25, 0.3) is 10.8 Å². The lowest BCUT2D eigenvalue weighted by Crippen LogP contribution is -2.30. The summed E-state index contributed by atoms with van der Waals surface area (Å²) >= 11 is 1.09. The largest absolute Gasteiger partial charge is 0.468 e. The zero-order valence-electron chi connectivity index (χ0n) is 13.9.